The lowest BCUT2D eigenvalue weighted by Gasteiger charge is -2.15. The first kappa shape index (κ1) is 30.4. The number of unbranched alkanes of at least 4 members (excludes halogenated alkanes) is 13. The van der Waals surface area contributed by atoms with Crippen molar-refractivity contribution in [2.45, 2.75) is 122 Å². The molecule has 0 amide bonds. The highest BCUT2D eigenvalue weighted by Crippen LogP contribution is 2.23. The number of aliphatic hydroxyl groups is 1. The predicted molar refractivity (Wildman–Crippen MR) is 127 cm³/mol. The van der Waals surface area contributed by atoms with Gasteiger partial charge in [0.1, 0.15) is 5.82 Å². The van der Waals surface area contributed by atoms with Crippen LogP contribution >= 0.6 is 0 Å². The third-order valence-corrected chi connectivity index (χ3v) is 6.01. The van der Waals surface area contributed by atoms with E-state index in [4.69, 9.17) is 10.00 Å². The van der Waals surface area contributed by atoms with E-state index in [0.29, 0.717) is 12.0 Å². The molecule has 1 atom stereocenters. The van der Waals surface area contributed by atoms with Crippen LogP contribution < -0.4 is 0 Å². The molecule has 1 N–H and O–H groups in total. The normalized spacial score (nSPS) is 12.6. The van der Waals surface area contributed by atoms with Crippen LogP contribution in [0, 0.1) is 17.1 Å². The SMILES string of the molecule is N#Cc1cc(F)cc(CO[C@H](CO)CCCCCCCCCCCCCCCCC(F)(F)F)c1. The van der Waals surface area contributed by atoms with Gasteiger partial charge in [-0.1, -0.05) is 83.5 Å². The summed E-state index contributed by atoms with van der Waals surface area (Å²) in [6, 6.07) is 6.05. The van der Waals surface area contributed by atoms with Crippen LogP contribution in [0.4, 0.5) is 17.6 Å². The smallest absolute Gasteiger partial charge is 0.389 e. The molecule has 0 fully saturated rings. The highest BCUT2D eigenvalue weighted by molar-refractivity contribution is 5.33. The third-order valence-electron chi connectivity index (χ3n) is 6.01. The first-order chi connectivity index (χ1) is 16.3. The summed E-state index contributed by atoms with van der Waals surface area (Å²) in [6.45, 7) is 0.101. The molecule has 1 rings (SSSR count). The van der Waals surface area contributed by atoms with E-state index in [1.807, 2.05) is 6.07 Å². The lowest BCUT2D eigenvalue weighted by molar-refractivity contribution is -0.135. The molecule has 0 saturated carbocycles. The van der Waals surface area contributed by atoms with Gasteiger partial charge >= 0.3 is 6.18 Å². The molecule has 34 heavy (non-hydrogen) atoms. The van der Waals surface area contributed by atoms with E-state index in [2.05, 4.69) is 0 Å². The molecule has 0 radical (unpaired) electrons. The Balaban J connectivity index is 1.92. The number of benzene rings is 1. The minimum atomic E-state index is -4.01. The maximum atomic E-state index is 13.5. The molecule has 7 heteroatoms. The summed E-state index contributed by atoms with van der Waals surface area (Å²) in [6.07, 6.45) is 10.3. The fourth-order valence-corrected chi connectivity index (χ4v) is 4.06. The van der Waals surface area contributed by atoms with E-state index >= 15 is 0 Å². The lowest BCUT2D eigenvalue weighted by atomic mass is 10.0. The zero-order valence-corrected chi connectivity index (χ0v) is 20.4. The Morgan fingerprint density at radius 1 is 0.794 bits per heavy atom. The molecule has 3 nitrogen and oxygen atoms in total. The van der Waals surface area contributed by atoms with Gasteiger partial charge in [-0.15, -0.1) is 0 Å². The van der Waals surface area contributed by atoms with E-state index in [1.54, 1.807) is 6.07 Å². The lowest BCUT2D eigenvalue weighted by Crippen LogP contribution is -2.17. The highest BCUT2D eigenvalue weighted by Gasteiger charge is 2.25. The van der Waals surface area contributed by atoms with Crippen LogP contribution in [-0.2, 0) is 11.3 Å². The van der Waals surface area contributed by atoms with Gasteiger partial charge in [0.15, 0.2) is 0 Å². The number of nitrogens with zero attached hydrogens (tertiary/aromatic N) is 1. The van der Waals surface area contributed by atoms with E-state index < -0.39 is 18.4 Å². The summed E-state index contributed by atoms with van der Waals surface area (Å²) in [5.74, 6) is -0.462. The molecular formula is C27H41F4NO2. The molecule has 0 bridgehead atoms. The van der Waals surface area contributed by atoms with Crippen LogP contribution in [0.3, 0.4) is 0 Å². The van der Waals surface area contributed by atoms with Crippen molar-refractivity contribution in [3.05, 3.63) is 35.1 Å². The van der Waals surface area contributed by atoms with Gasteiger partial charge in [-0.2, -0.15) is 18.4 Å². The van der Waals surface area contributed by atoms with Crippen LogP contribution in [0.15, 0.2) is 18.2 Å². The van der Waals surface area contributed by atoms with Crippen molar-refractivity contribution in [3.63, 3.8) is 0 Å². The van der Waals surface area contributed by atoms with Crippen molar-refractivity contribution < 1.29 is 27.4 Å². The molecule has 0 aliphatic heterocycles. The number of hydrogen-bond donors (Lipinski definition) is 1. The minimum absolute atomic E-state index is 0.0754. The van der Waals surface area contributed by atoms with Gasteiger partial charge in [0.2, 0.25) is 0 Å². The van der Waals surface area contributed by atoms with Crippen molar-refractivity contribution in [3.8, 4) is 6.07 Å². The van der Waals surface area contributed by atoms with Crippen molar-refractivity contribution >= 4 is 0 Å². The second-order valence-corrected chi connectivity index (χ2v) is 9.18. The summed E-state index contributed by atoms with van der Waals surface area (Å²) in [7, 11) is 0. The van der Waals surface area contributed by atoms with Crippen molar-refractivity contribution in [1.29, 1.82) is 5.26 Å². The highest BCUT2D eigenvalue weighted by atomic mass is 19.4. The quantitative estimate of drug-likeness (QED) is 0.148. The number of ether oxygens (including phenoxy) is 1. The number of rotatable bonds is 20. The molecule has 0 aromatic heterocycles. The number of halogens is 4. The van der Waals surface area contributed by atoms with Crippen molar-refractivity contribution in [1.82, 2.24) is 0 Å². The summed E-state index contributed by atoms with van der Waals surface area (Å²) < 4.78 is 55.3. The third kappa shape index (κ3) is 16.9. The van der Waals surface area contributed by atoms with Crippen LogP contribution in [0.1, 0.15) is 114 Å². The largest absolute Gasteiger partial charge is 0.394 e. The average Bonchev–Trinajstić information content (AvgIpc) is 2.79. The Morgan fingerprint density at radius 3 is 1.76 bits per heavy atom. The van der Waals surface area contributed by atoms with Gasteiger partial charge in [0.25, 0.3) is 0 Å². The zero-order valence-electron chi connectivity index (χ0n) is 20.4. The number of alkyl halides is 3. The van der Waals surface area contributed by atoms with Gasteiger partial charge in [0.05, 0.1) is 31.0 Å². The number of hydrogen-bond acceptors (Lipinski definition) is 3. The predicted octanol–water partition coefficient (Wildman–Crippen LogP) is 8.38. The van der Waals surface area contributed by atoms with E-state index in [0.717, 1.165) is 44.9 Å². The van der Waals surface area contributed by atoms with E-state index in [1.165, 1.54) is 50.7 Å². The van der Waals surface area contributed by atoms with Crippen LogP contribution in [0.25, 0.3) is 0 Å². The first-order valence-electron chi connectivity index (χ1n) is 12.8. The maximum Gasteiger partial charge on any atom is 0.389 e. The molecule has 0 saturated heterocycles. The Morgan fingerprint density at radius 2 is 1.29 bits per heavy atom. The Hall–Kier alpha value is -1.65. The average molecular weight is 488 g/mol. The first-order valence-corrected chi connectivity index (χ1v) is 12.8. The molecule has 0 unspecified atom stereocenters. The van der Waals surface area contributed by atoms with Crippen LogP contribution in [-0.4, -0.2) is 24.0 Å². The van der Waals surface area contributed by atoms with Gasteiger partial charge in [-0.25, -0.2) is 4.39 Å². The standard InChI is InChI=1S/C27H41F4NO2/c28-25-18-23(20-32)17-24(19-25)22-34-26(21-33)15-13-11-9-7-5-3-1-2-4-6-8-10-12-14-16-27(29,30)31/h17-19,26,33H,1-16,21-22H2/t26-/m0/s1. The number of aliphatic hydroxyl groups excluding tert-OH is 1. The molecule has 1 aromatic rings. The molecule has 0 spiro atoms. The van der Waals surface area contributed by atoms with Crippen LogP contribution in [0.5, 0.6) is 0 Å². The zero-order chi connectivity index (χ0) is 25.1. The summed E-state index contributed by atoms with van der Waals surface area (Å²) >= 11 is 0. The second kappa shape index (κ2) is 18.6. The molecule has 0 heterocycles. The van der Waals surface area contributed by atoms with E-state index in [9.17, 15) is 22.7 Å². The Labute approximate surface area is 202 Å². The molecular weight excluding hydrogens is 446 g/mol. The van der Waals surface area contributed by atoms with Gasteiger partial charge in [-0.3, -0.25) is 0 Å². The van der Waals surface area contributed by atoms with Gasteiger partial charge in [0, 0.05) is 6.42 Å². The minimum Gasteiger partial charge on any atom is -0.394 e. The van der Waals surface area contributed by atoms with Crippen LogP contribution in [0.2, 0.25) is 0 Å². The fourth-order valence-electron chi connectivity index (χ4n) is 4.06. The molecule has 1 aromatic carbocycles. The monoisotopic (exact) mass is 487 g/mol. The van der Waals surface area contributed by atoms with Crippen molar-refractivity contribution in [2.24, 2.45) is 0 Å². The Bertz CT molecular complexity index is 688. The molecule has 0 aliphatic carbocycles. The van der Waals surface area contributed by atoms with Gasteiger partial charge < -0.3 is 9.84 Å². The molecule has 194 valence electrons. The maximum absolute atomic E-state index is 13.5. The fraction of sp³-hybridized carbons (Fsp3) is 0.741. The van der Waals surface area contributed by atoms with Gasteiger partial charge in [-0.05, 0) is 36.6 Å². The topological polar surface area (TPSA) is 53.2 Å². The summed E-state index contributed by atoms with van der Waals surface area (Å²) in [5, 5.41) is 18.4. The Kier molecular flexibility index (Phi) is 16.7. The summed E-state index contributed by atoms with van der Waals surface area (Å²) in [5.41, 5.74) is 0.855. The number of nitriles is 1. The van der Waals surface area contributed by atoms with E-state index in [-0.39, 0.29) is 31.3 Å². The second-order valence-electron chi connectivity index (χ2n) is 9.18. The molecule has 0 aliphatic rings. The summed E-state index contributed by atoms with van der Waals surface area (Å²) in [4.78, 5) is 0. The van der Waals surface area contributed by atoms with Crippen molar-refractivity contribution in [2.75, 3.05) is 6.61 Å².